The van der Waals surface area contributed by atoms with E-state index < -0.39 is 5.76 Å². The van der Waals surface area contributed by atoms with Crippen LogP contribution in [0, 0.1) is 0 Å². The minimum atomic E-state index is -2.45. The van der Waals surface area contributed by atoms with Crippen LogP contribution in [-0.2, 0) is 0 Å². The van der Waals surface area contributed by atoms with Crippen LogP contribution in [0.3, 0.4) is 0 Å². The molecule has 2 aromatic rings. The summed E-state index contributed by atoms with van der Waals surface area (Å²) in [4.78, 5) is 0.480. The average molecular weight is 338 g/mol. The summed E-state index contributed by atoms with van der Waals surface area (Å²) in [7, 11) is 0. The second-order valence-electron chi connectivity index (χ2n) is 2.86. The van der Waals surface area contributed by atoms with Crippen molar-refractivity contribution < 1.29 is 8.78 Å². The molecule has 0 spiro atoms. The fourth-order valence-electron chi connectivity index (χ4n) is 1.14. The largest absolute Gasteiger partial charge is 0.329 e. The van der Waals surface area contributed by atoms with Crippen LogP contribution < -0.4 is 5.32 Å². The second kappa shape index (κ2) is 5.74. The highest BCUT2D eigenvalue weighted by molar-refractivity contribution is 9.11. The van der Waals surface area contributed by atoms with E-state index in [2.05, 4.69) is 31.4 Å². The van der Waals surface area contributed by atoms with Crippen molar-refractivity contribution in [2.45, 2.75) is 10.7 Å². The van der Waals surface area contributed by atoms with Crippen molar-refractivity contribution in [2.24, 2.45) is 0 Å². The van der Waals surface area contributed by atoms with Crippen LogP contribution in [0.5, 0.6) is 0 Å². The Hall–Kier alpha value is -0.730. The minimum Gasteiger partial charge on any atom is -0.329 e. The lowest BCUT2D eigenvalue weighted by molar-refractivity contribution is 0.252. The van der Waals surface area contributed by atoms with Crippen molar-refractivity contribution in [1.29, 1.82) is 0 Å². The van der Waals surface area contributed by atoms with Crippen LogP contribution in [0.2, 0.25) is 0 Å². The topological polar surface area (TPSA) is 37.8 Å². The maximum atomic E-state index is 12.3. The van der Waals surface area contributed by atoms with Gasteiger partial charge in [0.25, 0.3) is 5.76 Å². The number of thioether (sulfide) groups is 1. The van der Waals surface area contributed by atoms with Gasteiger partial charge >= 0.3 is 0 Å². The Morgan fingerprint density at radius 3 is 2.71 bits per heavy atom. The molecule has 0 amide bonds. The predicted molar refractivity (Wildman–Crippen MR) is 69.2 cm³/mol. The first-order valence-electron chi connectivity index (χ1n) is 4.45. The highest BCUT2D eigenvalue weighted by atomic mass is 79.9. The molecule has 90 valence electrons. The van der Waals surface area contributed by atoms with Gasteiger partial charge in [0.2, 0.25) is 5.13 Å². The Kier molecular flexibility index (Phi) is 4.30. The van der Waals surface area contributed by atoms with Crippen LogP contribution in [0.4, 0.5) is 19.6 Å². The van der Waals surface area contributed by atoms with Gasteiger partial charge in [0.1, 0.15) is 0 Å². The Morgan fingerprint density at radius 2 is 2.06 bits per heavy atom. The molecule has 0 fully saturated rings. The molecule has 0 aliphatic carbocycles. The molecule has 0 saturated heterocycles. The fraction of sp³-hybridized carbons (Fsp3) is 0.111. The van der Waals surface area contributed by atoms with E-state index in [1.54, 1.807) is 24.3 Å². The Morgan fingerprint density at radius 1 is 1.29 bits per heavy atom. The molecule has 1 N–H and O–H groups in total. The molecule has 1 aromatic carbocycles. The summed E-state index contributed by atoms with van der Waals surface area (Å²) in [6.45, 7) is 0. The molecule has 0 saturated carbocycles. The lowest BCUT2D eigenvalue weighted by Crippen LogP contribution is -1.93. The molecule has 0 radical (unpaired) electrons. The molecular weight excluding hydrogens is 332 g/mol. The maximum Gasteiger partial charge on any atom is 0.288 e. The van der Waals surface area contributed by atoms with Crippen molar-refractivity contribution in [3.05, 3.63) is 28.2 Å². The van der Waals surface area contributed by atoms with E-state index in [1.807, 2.05) is 0 Å². The number of alkyl halides is 2. The smallest absolute Gasteiger partial charge is 0.288 e. The van der Waals surface area contributed by atoms with Crippen LogP contribution in [-0.4, -0.2) is 16.0 Å². The quantitative estimate of drug-likeness (QED) is 0.841. The third-order valence-corrected chi connectivity index (χ3v) is 3.80. The number of rotatable bonds is 4. The fourth-order valence-corrected chi connectivity index (χ4v) is 2.76. The zero-order valence-electron chi connectivity index (χ0n) is 8.23. The number of anilines is 2. The van der Waals surface area contributed by atoms with Crippen molar-refractivity contribution >= 4 is 49.8 Å². The first-order chi connectivity index (χ1) is 8.15. The number of nitrogens with zero attached hydrogens (tertiary/aromatic N) is 2. The SMILES string of the molecule is FC(F)Sc1ccccc1Nc1nnc(Br)s1. The molecule has 0 bridgehead atoms. The number of hydrogen-bond acceptors (Lipinski definition) is 5. The van der Waals surface area contributed by atoms with E-state index in [0.717, 1.165) is 0 Å². The number of nitrogens with one attached hydrogen (secondary N) is 1. The molecule has 0 atom stereocenters. The van der Waals surface area contributed by atoms with Crippen molar-refractivity contribution in [2.75, 3.05) is 5.32 Å². The Labute approximate surface area is 113 Å². The van der Waals surface area contributed by atoms with Crippen LogP contribution in [0.1, 0.15) is 0 Å². The molecule has 1 heterocycles. The van der Waals surface area contributed by atoms with Gasteiger partial charge < -0.3 is 5.32 Å². The first-order valence-corrected chi connectivity index (χ1v) is 6.94. The normalized spacial score (nSPS) is 10.8. The minimum absolute atomic E-state index is 0.480. The molecule has 17 heavy (non-hydrogen) atoms. The molecule has 3 nitrogen and oxygen atoms in total. The van der Waals surface area contributed by atoms with Crippen LogP contribution in [0.15, 0.2) is 33.1 Å². The Balaban J connectivity index is 2.20. The third kappa shape index (κ3) is 3.62. The Bertz CT molecular complexity index is 506. The second-order valence-corrected chi connectivity index (χ2v) is 6.15. The predicted octanol–water partition coefficient (Wildman–Crippen LogP) is 4.36. The lowest BCUT2D eigenvalue weighted by atomic mass is 10.3. The van der Waals surface area contributed by atoms with E-state index >= 15 is 0 Å². The molecule has 0 aliphatic rings. The number of benzene rings is 1. The molecule has 8 heteroatoms. The molecular formula is C9H6BrF2N3S2. The number of aromatic nitrogens is 2. The lowest BCUT2D eigenvalue weighted by Gasteiger charge is -2.08. The standard InChI is InChI=1S/C9H6BrF2N3S2/c10-7-14-15-9(17-7)13-5-3-1-2-4-6(5)16-8(11)12/h1-4,8H,(H,13,15). The van der Waals surface area contributed by atoms with Gasteiger partial charge in [0.15, 0.2) is 3.92 Å². The summed E-state index contributed by atoms with van der Waals surface area (Å²) in [5, 5.41) is 11.1. The van der Waals surface area contributed by atoms with Gasteiger partial charge in [-0.25, -0.2) is 0 Å². The summed E-state index contributed by atoms with van der Waals surface area (Å²) in [6, 6.07) is 6.84. The first kappa shape index (κ1) is 12.7. The summed E-state index contributed by atoms with van der Waals surface area (Å²) < 4.78 is 25.3. The van der Waals surface area contributed by atoms with Crippen LogP contribution >= 0.6 is 39.0 Å². The van der Waals surface area contributed by atoms with E-state index in [1.165, 1.54) is 11.3 Å². The van der Waals surface area contributed by atoms with E-state index in [9.17, 15) is 8.78 Å². The van der Waals surface area contributed by atoms with Gasteiger partial charge in [-0.1, -0.05) is 35.2 Å². The number of hydrogen-bond donors (Lipinski definition) is 1. The van der Waals surface area contributed by atoms with E-state index in [0.29, 0.717) is 31.4 Å². The number of halogens is 3. The maximum absolute atomic E-state index is 12.3. The highest BCUT2D eigenvalue weighted by Crippen LogP contribution is 2.34. The van der Waals surface area contributed by atoms with E-state index in [-0.39, 0.29) is 0 Å². The summed E-state index contributed by atoms with van der Waals surface area (Å²) in [5.41, 5.74) is 0.599. The van der Waals surface area contributed by atoms with E-state index in [4.69, 9.17) is 0 Å². The molecule has 0 aliphatic heterocycles. The van der Waals surface area contributed by atoms with Gasteiger partial charge in [-0.2, -0.15) is 8.78 Å². The summed E-state index contributed by atoms with van der Waals surface area (Å²) >= 11 is 4.98. The van der Waals surface area contributed by atoms with Crippen molar-refractivity contribution in [3.63, 3.8) is 0 Å². The van der Waals surface area contributed by atoms with Gasteiger partial charge in [0, 0.05) is 4.90 Å². The van der Waals surface area contributed by atoms with Crippen molar-refractivity contribution in [1.82, 2.24) is 10.2 Å². The highest BCUT2D eigenvalue weighted by Gasteiger charge is 2.10. The van der Waals surface area contributed by atoms with Gasteiger partial charge in [-0.3, -0.25) is 0 Å². The zero-order valence-corrected chi connectivity index (χ0v) is 11.5. The zero-order chi connectivity index (χ0) is 12.3. The van der Waals surface area contributed by atoms with Gasteiger partial charge in [0.05, 0.1) is 5.69 Å². The van der Waals surface area contributed by atoms with Crippen molar-refractivity contribution in [3.8, 4) is 0 Å². The summed E-state index contributed by atoms with van der Waals surface area (Å²) in [6.07, 6.45) is 0. The molecule has 0 unspecified atom stereocenters. The molecule has 1 aromatic heterocycles. The number of para-hydroxylation sites is 1. The monoisotopic (exact) mass is 337 g/mol. The summed E-state index contributed by atoms with van der Waals surface area (Å²) in [5.74, 6) is -2.45. The van der Waals surface area contributed by atoms with Crippen LogP contribution in [0.25, 0.3) is 0 Å². The molecule has 2 rings (SSSR count). The third-order valence-electron chi connectivity index (χ3n) is 1.75. The van der Waals surface area contributed by atoms with Gasteiger partial charge in [-0.05, 0) is 28.1 Å². The average Bonchev–Trinajstić information content (AvgIpc) is 2.66. The van der Waals surface area contributed by atoms with Gasteiger partial charge in [-0.15, -0.1) is 10.2 Å².